The zero-order valence-electron chi connectivity index (χ0n) is 22.6. The Labute approximate surface area is 238 Å². The minimum absolute atomic E-state index is 0.00259. The summed E-state index contributed by atoms with van der Waals surface area (Å²) in [7, 11) is 1.50. The van der Waals surface area contributed by atoms with Crippen LogP contribution >= 0.6 is 0 Å². The van der Waals surface area contributed by atoms with E-state index >= 15 is 0 Å². The molecule has 0 saturated heterocycles. The lowest BCUT2D eigenvalue weighted by atomic mass is 10.0. The molecule has 1 heterocycles. The molecule has 0 spiro atoms. The van der Waals surface area contributed by atoms with Gasteiger partial charge in [-0.25, -0.2) is 4.98 Å². The standard InChI is InChI=1S/C31H32N6O4/c1-40-26-9-2-3-10-27(26)41-29(38)16-18-37(28-11-4-5-17-35-28)31(39)23-8-6-7-22(19-23)25(32)20-36-24-14-12-21(13-15-24)30(33)34/h2-15,17,19,25,36H,16,18,20,32H2,1H3,(H3,33,34). The van der Waals surface area contributed by atoms with E-state index in [9.17, 15) is 9.59 Å². The fraction of sp³-hybridized carbons (Fsp3) is 0.161. The molecule has 1 atom stereocenters. The topological polar surface area (TPSA) is 157 Å². The van der Waals surface area contributed by atoms with Gasteiger partial charge >= 0.3 is 5.97 Å². The first kappa shape index (κ1) is 28.8. The number of pyridine rings is 1. The van der Waals surface area contributed by atoms with E-state index in [1.54, 1.807) is 79.0 Å². The van der Waals surface area contributed by atoms with Gasteiger partial charge in [0.1, 0.15) is 11.7 Å². The molecule has 0 radical (unpaired) electrons. The number of carbonyl (C=O) groups is 2. The number of nitrogen functional groups attached to an aromatic ring is 1. The van der Waals surface area contributed by atoms with Gasteiger partial charge < -0.3 is 26.3 Å². The fourth-order valence-electron chi connectivity index (χ4n) is 4.08. The minimum atomic E-state index is -0.513. The van der Waals surface area contributed by atoms with Gasteiger partial charge in [-0.15, -0.1) is 0 Å². The van der Waals surface area contributed by atoms with Crippen LogP contribution in [-0.4, -0.2) is 42.9 Å². The first-order valence-electron chi connectivity index (χ1n) is 13.0. The van der Waals surface area contributed by atoms with Crippen molar-refractivity contribution in [2.45, 2.75) is 12.5 Å². The van der Waals surface area contributed by atoms with Crippen LogP contribution in [0.1, 0.15) is 33.9 Å². The summed E-state index contributed by atoms with van der Waals surface area (Å²) in [5.41, 5.74) is 14.6. The number of benzene rings is 3. The van der Waals surface area contributed by atoms with Crippen molar-refractivity contribution in [2.75, 3.05) is 30.4 Å². The Morgan fingerprint density at radius 3 is 2.37 bits per heavy atom. The van der Waals surface area contributed by atoms with Gasteiger partial charge in [0.15, 0.2) is 11.5 Å². The number of para-hydroxylation sites is 2. The Kier molecular flexibility index (Phi) is 9.63. The van der Waals surface area contributed by atoms with Crippen molar-refractivity contribution < 1.29 is 19.1 Å². The summed E-state index contributed by atoms with van der Waals surface area (Å²) in [5.74, 6) is 0.322. The highest BCUT2D eigenvalue weighted by atomic mass is 16.6. The van der Waals surface area contributed by atoms with E-state index in [4.69, 9.17) is 26.4 Å². The summed E-state index contributed by atoms with van der Waals surface area (Å²) in [5, 5.41) is 10.8. The van der Waals surface area contributed by atoms with Crippen LogP contribution in [0.15, 0.2) is 97.2 Å². The molecule has 10 nitrogen and oxygen atoms in total. The Morgan fingerprint density at radius 1 is 0.951 bits per heavy atom. The summed E-state index contributed by atoms with van der Waals surface area (Å²) >= 11 is 0. The van der Waals surface area contributed by atoms with Gasteiger partial charge in [0.2, 0.25) is 0 Å². The average Bonchev–Trinajstić information content (AvgIpc) is 3.01. The van der Waals surface area contributed by atoms with E-state index in [1.807, 2.05) is 18.2 Å². The number of nitrogens with two attached hydrogens (primary N) is 2. The van der Waals surface area contributed by atoms with Crippen molar-refractivity contribution in [3.63, 3.8) is 0 Å². The Hall–Kier alpha value is -5.22. The van der Waals surface area contributed by atoms with Crippen molar-refractivity contribution >= 4 is 29.2 Å². The second kappa shape index (κ2) is 13.7. The number of methoxy groups -OCH3 is 1. The largest absolute Gasteiger partial charge is 0.493 e. The number of nitrogens with one attached hydrogen (secondary N) is 2. The molecule has 4 rings (SSSR count). The number of amidine groups is 1. The molecule has 0 fully saturated rings. The van der Waals surface area contributed by atoms with Gasteiger partial charge in [0.05, 0.1) is 13.5 Å². The molecule has 0 aliphatic carbocycles. The molecule has 41 heavy (non-hydrogen) atoms. The molecule has 0 aliphatic rings. The van der Waals surface area contributed by atoms with Gasteiger partial charge in [-0.3, -0.25) is 19.9 Å². The number of rotatable bonds is 12. The SMILES string of the molecule is COc1ccccc1OC(=O)CCN(C(=O)c1cccc(C(N)CNc2ccc(C(=N)N)cc2)c1)c1ccccn1. The van der Waals surface area contributed by atoms with Gasteiger partial charge in [0, 0.05) is 42.1 Å². The van der Waals surface area contributed by atoms with Crippen LogP contribution in [-0.2, 0) is 4.79 Å². The maximum absolute atomic E-state index is 13.7. The Balaban J connectivity index is 1.45. The van der Waals surface area contributed by atoms with Gasteiger partial charge in [0.25, 0.3) is 5.91 Å². The number of nitrogens with zero attached hydrogens (tertiary/aromatic N) is 2. The maximum atomic E-state index is 13.7. The lowest BCUT2D eigenvalue weighted by Crippen LogP contribution is -2.34. The van der Waals surface area contributed by atoms with E-state index in [0.717, 1.165) is 11.3 Å². The van der Waals surface area contributed by atoms with E-state index in [0.29, 0.717) is 35.0 Å². The van der Waals surface area contributed by atoms with Gasteiger partial charge in [-0.1, -0.05) is 30.3 Å². The second-order valence-electron chi connectivity index (χ2n) is 9.12. The van der Waals surface area contributed by atoms with Crippen LogP contribution in [0.25, 0.3) is 0 Å². The van der Waals surface area contributed by atoms with Crippen LogP contribution < -0.4 is 31.2 Å². The lowest BCUT2D eigenvalue weighted by molar-refractivity contribution is -0.134. The molecule has 3 aromatic carbocycles. The van der Waals surface area contributed by atoms with Gasteiger partial charge in [-0.05, 0) is 66.2 Å². The molecular weight excluding hydrogens is 520 g/mol. The van der Waals surface area contributed by atoms with E-state index < -0.39 is 12.0 Å². The number of amides is 1. The molecule has 0 saturated carbocycles. The molecule has 1 amide bonds. The van der Waals surface area contributed by atoms with E-state index in [-0.39, 0.29) is 24.7 Å². The molecule has 1 unspecified atom stereocenters. The Morgan fingerprint density at radius 2 is 1.68 bits per heavy atom. The number of ether oxygens (including phenoxy) is 2. The smallest absolute Gasteiger partial charge is 0.313 e. The molecular formula is C31H32N6O4. The highest BCUT2D eigenvalue weighted by Gasteiger charge is 2.22. The third-order valence-electron chi connectivity index (χ3n) is 6.29. The number of hydrogen-bond acceptors (Lipinski definition) is 8. The third-order valence-corrected chi connectivity index (χ3v) is 6.29. The number of anilines is 2. The van der Waals surface area contributed by atoms with Gasteiger partial charge in [-0.2, -0.15) is 0 Å². The molecule has 6 N–H and O–H groups in total. The fourth-order valence-corrected chi connectivity index (χ4v) is 4.08. The molecule has 1 aromatic heterocycles. The average molecular weight is 553 g/mol. The predicted octanol–water partition coefficient (Wildman–Crippen LogP) is 4.13. The van der Waals surface area contributed by atoms with Crippen LogP contribution in [0.2, 0.25) is 0 Å². The number of esters is 1. The Bertz CT molecular complexity index is 1490. The van der Waals surface area contributed by atoms with Crippen molar-refractivity contribution in [2.24, 2.45) is 11.5 Å². The molecule has 210 valence electrons. The summed E-state index contributed by atoms with van der Waals surface area (Å²) in [4.78, 5) is 32.1. The summed E-state index contributed by atoms with van der Waals surface area (Å²) < 4.78 is 10.7. The molecule has 10 heteroatoms. The summed E-state index contributed by atoms with van der Waals surface area (Å²) in [6, 6.07) is 25.9. The van der Waals surface area contributed by atoms with Crippen molar-refractivity contribution in [3.8, 4) is 11.5 Å². The highest BCUT2D eigenvalue weighted by molar-refractivity contribution is 6.06. The summed E-state index contributed by atoms with van der Waals surface area (Å²) in [6.45, 7) is 0.466. The molecule has 0 bridgehead atoms. The summed E-state index contributed by atoms with van der Waals surface area (Å²) in [6.07, 6.45) is 1.52. The quantitative estimate of drug-likeness (QED) is 0.0884. The third kappa shape index (κ3) is 7.68. The molecule has 4 aromatic rings. The predicted molar refractivity (Wildman–Crippen MR) is 158 cm³/mol. The van der Waals surface area contributed by atoms with Crippen LogP contribution in [0.3, 0.4) is 0 Å². The second-order valence-corrected chi connectivity index (χ2v) is 9.12. The first-order chi connectivity index (χ1) is 19.9. The highest BCUT2D eigenvalue weighted by Crippen LogP contribution is 2.26. The zero-order chi connectivity index (χ0) is 29.2. The molecule has 0 aliphatic heterocycles. The number of carbonyl (C=O) groups excluding carboxylic acids is 2. The monoisotopic (exact) mass is 552 g/mol. The van der Waals surface area contributed by atoms with Crippen LogP contribution in [0.4, 0.5) is 11.5 Å². The normalized spacial score (nSPS) is 11.3. The van der Waals surface area contributed by atoms with Crippen molar-refractivity contribution in [1.82, 2.24) is 4.98 Å². The minimum Gasteiger partial charge on any atom is -0.493 e. The van der Waals surface area contributed by atoms with Crippen LogP contribution in [0, 0.1) is 5.41 Å². The zero-order valence-corrected chi connectivity index (χ0v) is 22.6. The van der Waals surface area contributed by atoms with Crippen molar-refractivity contribution in [3.05, 3.63) is 114 Å². The first-order valence-corrected chi connectivity index (χ1v) is 13.0. The van der Waals surface area contributed by atoms with Crippen LogP contribution in [0.5, 0.6) is 11.5 Å². The van der Waals surface area contributed by atoms with E-state index in [2.05, 4.69) is 10.3 Å². The van der Waals surface area contributed by atoms with E-state index in [1.165, 1.54) is 12.0 Å². The number of aromatic nitrogens is 1. The maximum Gasteiger partial charge on any atom is 0.313 e. The van der Waals surface area contributed by atoms with Crippen molar-refractivity contribution in [1.29, 1.82) is 5.41 Å². The number of hydrogen-bond donors (Lipinski definition) is 4. The lowest BCUT2D eigenvalue weighted by Gasteiger charge is -2.22.